The average molecular weight is 634 g/mol. The number of ether oxygens (including phenoxy) is 1. The summed E-state index contributed by atoms with van der Waals surface area (Å²) in [4.78, 5) is 37.9. The van der Waals surface area contributed by atoms with Crippen LogP contribution in [0.5, 0.6) is 0 Å². The molecule has 0 fully saturated rings. The number of carbonyl (C=O) groups excluding carboxylic acids is 3. The largest absolute Gasteiger partial charge is 0.453 e. The topological polar surface area (TPSA) is 166 Å². The molecule has 1 aliphatic heterocycles. The second-order valence-corrected chi connectivity index (χ2v) is 10.3. The molecule has 4 aromatic rings. The standard InChI is InChI=1S/C29H25Cl2N9O4/c1-44-29(43)33-19-9-10-20-23(14-19)35-26(41)6-4-2-3-5-22(21-15-25(31)36-37-28(20)21)34-27(42)12-7-17-13-18(30)8-11-24(17)40-16-32-38-39-40/h2-3,7-16,22H,4-6H2,1H3,(H,33,43)(H,34,42)(H,35,41)/b3-2-,12-7+. The normalized spacial score (nSPS) is 15.6. The maximum Gasteiger partial charge on any atom is 0.411 e. The smallest absolute Gasteiger partial charge is 0.411 e. The third-order valence-electron chi connectivity index (χ3n) is 6.54. The molecule has 224 valence electrons. The van der Waals surface area contributed by atoms with E-state index in [-0.39, 0.29) is 17.5 Å². The number of benzene rings is 2. The zero-order chi connectivity index (χ0) is 31.1. The van der Waals surface area contributed by atoms with Crippen LogP contribution in [0.1, 0.15) is 36.4 Å². The lowest BCUT2D eigenvalue weighted by atomic mass is 9.96. The van der Waals surface area contributed by atoms with Gasteiger partial charge in [-0.2, -0.15) is 4.68 Å². The van der Waals surface area contributed by atoms with E-state index in [0.717, 1.165) is 0 Å². The molecule has 3 N–H and O–H groups in total. The highest BCUT2D eigenvalue weighted by Gasteiger charge is 2.23. The van der Waals surface area contributed by atoms with Gasteiger partial charge in [-0.25, -0.2) is 4.79 Å². The Bertz CT molecular complexity index is 1760. The number of rotatable bonds is 5. The molecule has 15 heteroatoms. The zero-order valence-corrected chi connectivity index (χ0v) is 24.7. The Hall–Kier alpha value is -5.14. The summed E-state index contributed by atoms with van der Waals surface area (Å²) in [5.41, 5.74) is 3.48. The van der Waals surface area contributed by atoms with Gasteiger partial charge in [0.1, 0.15) is 12.0 Å². The summed E-state index contributed by atoms with van der Waals surface area (Å²) in [6.45, 7) is 0. The van der Waals surface area contributed by atoms with Crippen molar-refractivity contribution in [2.24, 2.45) is 0 Å². The predicted octanol–water partition coefficient (Wildman–Crippen LogP) is 5.15. The van der Waals surface area contributed by atoms with Crippen LogP contribution in [-0.4, -0.2) is 55.4 Å². The van der Waals surface area contributed by atoms with Crippen LogP contribution in [0, 0.1) is 0 Å². The first-order chi connectivity index (χ1) is 21.3. The lowest BCUT2D eigenvalue weighted by molar-refractivity contribution is -0.117. The molecule has 13 nitrogen and oxygen atoms in total. The molecular formula is C29H25Cl2N9O4. The maximum atomic E-state index is 13.3. The van der Waals surface area contributed by atoms with Gasteiger partial charge in [-0.3, -0.25) is 14.9 Å². The number of nitrogens with one attached hydrogen (secondary N) is 3. The van der Waals surface area contributed by atoms with Gasteiger partial charge in [-0.05, 0) is 71.8 Å². The number of fused-ring (bicyclic) bond motifs is 3. The van der Waals surface area contributed by atoms with Crippen LogP contribution in [0.3, 0.4) is 0 Å². The fourth-order valence-corrected chi connectivity index (χ4v) is 4.86. The third kappa shape index (κ3) is 7.43. The summed E-state index contributed by atoms with van der Waals surface area (Å²) in [5, 5.41) is 28.7. The molecule has 3 heterocycles. The first kappa shape index (κ1) is 30.3. The van der Waals surface area contributed by atoms with E-state index in [4.69, 9.17) is 23.2 Å². The van der Waals surface area contributed by atoms with E-state index in [0.29, 0.717) is 57.3 Å². The van der Waals surface area contributed by atoms with Crippen molar-refractivity contribution in [2.75, 3.05) is 17.7 Å². The molecule has 1 aliphatic rings. The van der Waals surface area contributed by atoms with Gasteiger partial charge < -0.3 is 15.4 Å². The number of allylic oxidation sites excluding steroid dienone is 1. The van der Waals surface area contributed by atoms with Crippen molar-refractivity contribution in [3.8, 4) is 16.9 Å². The highest BCUT2D eigenvalue weighted by molar-refractivity contribution is 6.30. The Labute approximate surface area is 261 Å². The number of hydrogen-bond donors (Lipinski definition) is 3. The van der Waals surface area contributed by atoms with E-state index in [1.165, 1.54) is 24.2 Å². The molecule has 1 unspecified atom stereocenters. The molecule has 0 aliphatic carbocycles. The van der Waals surface area contributed by atoms with Crippen molar-refractivity contribution in [3.05, 3.63) is 88.3 Å². The summed E-state index contributed by atoms with van der Waals surface area (Å²) in [7, 11) is 1.25. The van der Waals surface area contributed by atoms with Gasteiger partial charge in [0.25, 0.3) is 0 Å². The Kier molecular flexibility index (Phi) is 9.57. The average Bonchev–Trinajstić information content (AvgIpc) is 3.54. The minimum atomic E-state index is -0.666. The van der Waals surface area contributed by atoms with Crippen LogP contribution in [0.2, 0.25) is 10.2 Å². The first-order valence-electron chi connectivity index (χ1n) is 13.3. The van der Waals surface area contributed by atoms with Gasteiger partial charge >= 0.3 is 6.09 Å². The molecule has 0 bridgehead atoms. The van der Waals surface area contributed by atoms with E-state index in [1.807, 2.05) is 12.2 Å². The van der Waals surface area contributed by atoms with Crippen molar-refractivity contribution in [3.63, 3.8) is 0 Å². The lowest BCUT2D eigenvalue weighted by Crippen LogP contribution is -2.27. The van der Waals surface area contributed by atoms with Crippen LogP contribution in [0.15, 0.2) is 67.0 Å². The molecular weight excluding hydrogens is 609 g/mol. The molecule has 0 saturated carbocycles. The number of amides is 3. The van der Waals surface area contributed by atoms with Gasteiger partial charge in [-0.15, -0.1) is 15.3 Å². The molecule has 0 saturated heterocycles. The van der Waals surface area contributed by atoms with Gasteiger partial charge in [0.2, 0.25) is 11.8 Å². The number of anilines is 2. The van der Waals surface area contributed by atoms with Crippen LogP contribution in [0.25, 0.3) is 23.0 Å². The van der Waals surface area contributed by atoms with Gasteiger partial charge in [0.05, 0.1) is 24.5 Å². The van der Waals surface area contributed by atoms with Gasteiger partial charge in [0, 0.05) is 39.9 Å². The molecule has 2 aromatic carbocycles. The molecule has 44 heavy (non-hydrogen) atoms. The van der Waals surface area contributed by atoms with E-state index in [9.17, 15) is 14.4 Å². The van der Waals surface area contributed by atoms with Gasteiger partial charge in [-0.1, -0.05) is 35.4 Å². The highest BCUT2D eigenvalue weighted by atomic mass is 35.5. The molecule has 0 spiro atoms. The van der Waals surface area contributed by atoms with Crippen LogP contribution in [-0.2, 0) is 14.3 Å². The van der Waals surface area contributed by atoms with Crippen molar-refractivity contribution in [1.29, 1.82) is 0 Å². The summed E-state index contributed by atoms with van der Waals surface area (Å²) >= 11 is 12.5. The molecule has 5 rings (SSSR count). The summed E-state index contributed by atoms with van der Waals surface area (Å²) in [6.07, 6.45) is 8.59. The van der Waals surface area contributed by atoms with Crippen molar-refractivity contribution in [2.45, 2.75) is 25.3 Å². The zero-order valence-electron chi connectivity index (χ0n) is 23.2. The number of hydrogen-bond acceptors (Lipinski definition) is 9. The van der Waals surface area contributed by atoms with E-state index >= 15 is 0 Å². The maximum absolute atomic E-state index is 13.3. The molecule has 1 atom stereocenters. The molecule has 2 aromatic heterocycles. The fourth-order valence-electron chi connectivity index (χ4n) is 4.52. The van der Waals surface area contributed by atoms with Crippen LogP contribution >= 0.6 is 23.2 Å². The number of halogens is 2. The first-order valence-corrected chi connectivity index (χ1v) is 14.0. The Morgan fingerprint density at radius 2 is 1.98 bits per heavy atom. The van der Waals surface area contributed by atoms with Crippen molar-refractivity contribution < 1.29 is 19.1 Å². The Morgan fingerprint density at radius 3 is 2.77 bits per heavy atom. The number of methoxy groups -OCH3 is 1. The van der Waals surface area contributed by atoms with Crippen molar-refractivity contribution in [1.82, 2.24) is 35.7 Å². The summed E-state index contributed by atoms with van der Waals surface area (Å²) in [5.74, 6) is -0.629. The number of aromatic nitrogens is 6. The second kappa shape index (κ2) is 13.9. The number of carbonyl (C=O) groups is 3. The Morgan fingerprint density at radius 1 is 1.11 bits per heavy atom. The third-order valence-corrected chi connectivity index (χ3v) is 6.96. The number of tetrazole rings is 1. The predicted molar refractivity (Wildman–Crippen MR) is 164 cm³/mol. The quantitative estimate of drug-likeness (QED) is 0.199. The molecule has 3 amide bonds. The summed E-state index contributed by atoms with van der Waals surface area (Å²) in [6, 6.07) is 11.1. The van der Waals surface area contributed by atoms with Gasteiger partial charge in [0.15, 0.2) is 5.15 Å². The van der Waals surface area contributed by atoms with E-state index in [1.54, 1.807) is 48.5 Å². The Balaban J connectivity index is 1.51. The highest BCUT2D eigenvalue weighted by Crippen LogP contribution is 2.36. The SMILES string of the molecule is COC(=O)Nc1ccc2c(c1)NC(=O)CC/C=C\CC(NC(=O)/C=C/c1cc(Cl)ccc1-n1cnnn1)c1cc(Cl)nnc1-2. The fraction of sp³-hybridized carbons (Fsp3) is 0.172. The second-order valence-electron chi connectivity index (χ2n) is 9.49. The van der Waals surface area contributed by atoms with E-state index in [2.05, 4.69) is 46.4 Å². The van der Waals surface area contributed by atoms with Crippen molar-refractivity contribution >= 4 is 58.6 Å². The number of nitrogens with zero attached hydrogens (tertiary/aromatic N) is 6. The van der Waals surface area contributed by atoms with Crippen LogP contribution in [0.4, 0.5) is 16.2 Å². The molecule has 0 radical (unpaired) electrons. The van der Waals surface area contributed by atoms with E-state index < -0.39 is 18.0 Å². The van der Waals surface area contributed by atoms with Crippen LogP contribution < -0.4 is 16.0 Å². The minimum absolute atomic E-state index is 0.120. The summed E-state index contributed by atoms with van der Waals surface area (Å²) < 4.78 is 6.15. The lowest BCUT2D eigenvalue weighted by Gasteiger charge is -2.22. The minimum Gasteiger partial charge on any atom is -0.453 e. The monoisotopic (exact) mass is 633 g/mol.